The van der Waals surface area contributed by atoms with Gasteiger partial charge in [-0.15, -0.1) is 0 Å². The highest BCUT2D eigenvalue weighted by Crippen LogP contribution is 2.27. The Hall–Kier alpha value is -3.05. The van der Waals surface area contributed by atoms with Gasteiger partial charge < -0.3 is 20.1 Å². The Balaban J connectivity index is 1.29. The predicted octanol–water partition coefficient (Wildman–Crippen LogP) is 5.03. The number of fused-ring (bicyclic) bond motifs is 1. The van der Waals surface area contributed by atoms with Crippen molar-refractivity contribution in [2.24, 2.45) is 0 Å². The van der Waals surface area contributed by atoms with Crippen LogP contribution in [0, 0.1) is 0 Å². The van der Waals surface area contributed by atoms with Crippen LogP contribution in [-0.2, 0) is 6.42 Å². The smallest absolute Gasteiger partial charge is 0.335 e. The third-order valence-corrected chi connectivity index (χ3v) is 5.95. The molecule has 30 heavy (non-hydrogen) atoms. The highest BCUT2D eigenvalue weighted by atomic mass is 16.5. The molecular formula is C25H28N2O3. The van der Waals surface area contributed by atoms with Gasteiger partial charge in [0.25, 0.3) is 0 Å². The molecule has 0 radical (unpaired) electrons. The second-order valence-electron chi connectivity index (χ2n) is 7.89. The highest BCUT2D eigenvalue weighted by molar-refractivity contribution is 5.94. The number of nitrogens with one attached hydrogen (secondary N) is 2. The number of H-pyrrole nitrogens is 1. The van der Waals surface area contributed by atoms with E-state index in [1.807, 2.05) is 24.4 Å². The summed E-state index contributed by atoms with van der Waals surface area (Å²) in [6.07, 6.45) is 9.65. The normalized spacial score (nSPS) is 16.4. The van der Waals surface area contributed by atoms with Gasteiger partial charge in [0.05, 0.1) is 12.7 Å². The summed E-state index contributed by atoms with van der Waals surface area (Å²) in [7, 11) is 1.69. The van der Waals surface area contributed by atoms with Gasteiger partial charge in [0.1, 0.15) is 5.75 Å². The number of aromatic nitrogens is 1. The minimum atomic E-state index is -0.881. The maximum atomic E-state index is 11.2. The van der Waals surface area contributed by atoms with Crippen molar-refractivity contribution >= 4 is 22.4 Å². The maximum absolute atomic E-state index is 11.2. The van der Waals surface area contributed by atoms with Gasteiger partial charge >= 0.3 is 5.97 Å². The Bertz CT molecular complexity index is 1050. The molecule has 1 aliphatic rings. The molecule has 0 aliphatic carbocycles. The van der Waals surface area contributed by atoms with Crippen molar-refractivity contribution in [3.05, 3.63) is 71.4 Å². The molecule has 0 spiro atoms. The first kappa shape index (κ1) is 20.2. The van der Waals surface area contributed by atoms with Crippen molar-refractivity contribution in [3.63, 3.8) is 0 Å². The Kier molecular flexibility index (Phi) is 6.19. The van der Waals surface area contributed by atoms with Crippen LogP contribution >= 0.6 is 0 Å². The van der Waals surface area contributed by atoms with Crippen LogP contribution in [-0.4, -0.2) is 35.8 Å². The number of unbranched alkanes of at least 4 members (excludes halogenated alkanes) is 1. The monoisotopic (exact) mass is 404 g/mol. The molecule has 4 rings (SSSR count). The molecule has 0 bridgehead atoms. The fourth-order valence-corrected chi connectivity index (χ4v) is 4.24. The first-order valence-electron chi connectivity index (χ1n) is 10.5. The van der Waals surface area contributed by atoms with E-state index in [1.165, 1.54) is 16.7 Å². The molecule has 5 nitrogen and oxygen atoms in total. The molecule has 5 heteroatoms. The second kappa shape index (κ2) is 9.18. The molecule has 0 saturated carbocycles. The molecule has 2 aromatic carbocycles. The summed E-state index contributed by atoms with van der Waals surface area (Å²) in [5.74, 6) is 0.00531. The van der Waals surface area contributed by atoms with E-state index in [4.69, 9.17) is 4.74 Å². The second-order valence-corrected chi connectivity index (χ2v) is 7.89. The van der Waals surface area contributed by atoms with Crippen LogP contribution in [0.4, 0.5) is 0 Å². The van der Waals surface area contributed by atoms with Crippen molar-refractivity contribution in [2.45, 2.75) is 38.1 Å². The number of carboxylic acid groups (broad SMARTS) is 1. The standard InChI is InChI=1S/C25H28N2O3/c1-30-22-9-6-17(7-10-22)18-12-13-26-21(14-18)5-3-2-4-20-16-27-24-11-8-19(25(28)29)15-23(20)24/h6-12,15-16,21,26-27H,2-5,13-14H2,1H3,(H,28,29). The minimum absolute atomic E-state index is 0.340. The molecule has 1 aliphatic heterocycles. The van der Waals surface area contributed by atoms with Gasteiger partial charge in [-0.1, -0.05) is 24.6 Å². The van der Waals surface area contributed by atoms with Crippen LogP contribution < -0.4 is 10.1 Å². The lowest BCUT2D eigenvalue weighted by Crippen LogP contribution is -2.32. The van der Waals surface area contributed by atoms with Crippen LogP contribution in [0.25, 0.3) is 16.5 Å². The molecule has 1 atom stereocenters. The van der Waals surface area contributed by atoms with Gasteiger partial charge in [0, 0.05) is 29.7 Å². The molecule has 0 fully saturated rings. The van der Waals surface area contributed by atoms with Crippen LogP contribution in [0.15, 0.2) is 54.7 Å². The minimum Gasteiger partial charge on any atom is -0.497 e. The van der Waals surface area contributed by atoms with E-state index in [2.05, 4.69) is 28.5 Å². The van der Waals surface area contributed by atoms with Crippen molar-refractivity contribution in [2.75, 3.05) is 13.7 Å². The van der Waals surface area contributed by atoms with Crippen LogP contribution in [0.2, 0.25) is 0 Å². The summed E-state index contributed by atoms with van der Waals surface area (Å²) >= 11 is 0. The molecule has 156 valence electrons. The van der Waals surface area contributed by atoms with Crippen molar-refractivity contribution in [1.82, 2.24) is 10.3 Å². The number of aryl methyl sites for hydroxylation is 1. The zero-order valence-corrected chi connectivity index (χ0v) is 17.3. The summed E-state index contributed by atoms with van der Waals surface area (Å²) in [4.78, 5) is 14.5. The predicted molar refractivity (Wildman–Crippen MR) is 120 cm³/mol. The Morgan fingerprint density at radius 2 is 2.00 bits per heavy atom. The zero-order chi connectivity index (χ0) is 20.9. The third kappa shape index (κ3) is 4.57. The lowest BCUT2D eigenvalue weighted by atomic mass is 9.92. The largest absolute Gasteiger partial charge is 0.497 e. The average molecular weight is 405 g/mol. The van der Waals surface area contributed by atoms with Crippen molar-refractivity contribution in [1.29, 1.82) is 0 Å². The molecule has 0 amide bonds. The average Bonchev–Trinajstić information content (AvgIpc) is 3.19. The molecular weight excluding hydrogens is 376 g/mol. The topological polar surface area (TPSA) is 74.3 Å². The van der Waals surface area contributed by atoms with E-state index in [9.17, 15) is 9.90 Å². The Morgan fingerprint density at radius 3 is 2.77 bits per heavy atom. The zero-order valence-electron chi connectivity index (χ0n) is 17.3. The number of carboxylic acids is 1. The summed E-state index contributed by atoms with van der Waals surface area (Å²) in [6.45, 7) is 0.909. The number of benzene rings is 2. The summed E-state index contributed by atoms with van der Waals surface area (Å²) in [5.41, 5.74) is 5.21. The van der Waals surface area contributed by atoms with Gasteiger partial charge in [0.2, 0.25) is 0 Å². The number of aromatic amines is 1. The van der Waals surface area contributed by atoms with Crippen molar-refractivity contribution < 1.29 is 14.6 Å². The number of methoxy groups -OCH3 is 1. The quantitative estimate of drug-likeness (QED) is 0.460. The maximum Gasteiger partial charge on any atom is 0.335 e. The van der Waals surface area contributed by atoms with Gasteiger partial charge in [-0.3, -0.25) is 0 Å². The Morgan fingerprint density at radius 1 is 1.17 bits per heavy atom. The van der Waals surface area contributed by atoms with Gasteiger partial charge in [-0.05, 0) is 72.7 Å². The van der Waals surface area contributed by atoms with Crippen molar-refractivity contribution in [3.8, 4) is 5.75 Å². The number of hydrogen-bond donors (Lipinski definition) is 3. The first-order valence-corrected chi connectivity index (χ1v) is 10.5. The van der Waals surface area contributed by atoms with Gasteiger partial charge in [-0.2, -0.15) is 0 Å². The van der Waals surface area contributed by atoms with Crippen LogP contribution in [0.3, 0.4) is 0 Å². The number of aromatic carboxylic acids is 1. The summed E-state index contributed by atoms with van der Waals surface area (Å²) < 4.78 is 5.26. The molecule has 1 unspecified atom stereocenters. The molecule has 1 aromatic heterocycles. The molecule has 3 N–H and O–H groups in total. The lowest BCUT2D eigenvalue weighted by Gasteiger charge is -2.24. The lowest BCUT2D eigenvalue weighted by molar-refractivity contribution is 0.0697. The summed E-state index contributed by atoms with van der Waals surface area (Å²) in [6, 6.07) is 14.1. The molecule has 2 heterocycles. The number of hydrogen-bond acceptors (Lipinski definition) is 3. The van der Waals surface area contributed by atoms with Crippen LogP contribution in [0.1, 0.15) is 47.2 Å². The van der Waals surface area contributed by atoms with E-state index >= 15 is 0 Å². The Labute approximate surface area is 176 Å². The summed E-state index contributed by atoms with van der Waals surface area (Å²) in [5, 5.41) is 13.9. The first-order chi connectivity index (χ1) is 14.6. The molecule has 3 aromatic rings. The fourth-order valence-electron chi connectivity index (χ4n) is 4.24. The highest BCUT2D eigenvalue weighted by Gasteiger charge is 2.16. The SMILES string of the molecule is COc1ccc(C2=CCNC(CCCCc3c[nH]c4ccc(C(=O)O)cc34)C2)cc1. The van der Waals surface area contributed by atoms with Gasteiger partial charge in [0.15, 0.2) is 0 Å². The van der Waals surface area contributed by atoms with E-state index in [0.717, 1.165) is 55.3 Å². The number of carbonyl (C=O) groups is 1. The van der Waals surface area contributed by atoms with E-state index in [1.54, 1.807) is 19.2 Å². The number of rotatable bonds is 8. The third-order valence-electron chi connectivity index (χ3n) is 5.95. The fraction of sp³-hybridized carbons (Fsp3) is 0.320. The van der Waals surface area contributed by atoms with Gasteiger partial charge in [-0.25, -0.2) is 4.79 Å². The molecule has 0 saturated heterocycles. The van der Waals surface area contributed by atoms with Crippen LogP contribution in [0.5, 0.6) is 5.75 Å². The van der Waals surface area contributed by atoms with E-state index in [0.29, 0.717) is 11.6 Å². The van der Waals surface area contributed by atoms with E-state index in [-0.39, 0.29) is 0 Å². The number of ether oxygens (including phenoxy) is 1. The van der Waals surface area contributed by atoms with E-state index < -0.39 is 5.97 Å².